The summed E-state index contributed by atoms with van der Waals surface area (Å²) in [6.07, 6.45) is 66.1. The summed E-state index contributed by atoms with van der Waals surface area (Å²) in [5.41, 5.74) is 1.74. The number of hydrogen-bond acceptors (Lipinski definition) is 15. The highest BCUT2D eigenvalue weighted by molar-refractivity contribution is 5.78. The molecule has 702 valence electrons. The predicted octanol–water partition coefficient (Wildman–Crippen LogP) is 25.7. The number of ether oxygens (including phenoxy) is 12. The van der Waals surface area contributed by atoms with Crippen LogP contribution in [-0.4, -0.2) is 117 Å². The molecule has 26 bridgehead atoms. The van der Waals surface area contributed by atoms with Crippen LogP contribution < -0.4 is 0 Å². The van der Waals surface area contributed by atoms with E-state index in [-0.39, 0.29) is 72.2 Å². The van der Waals surface area contributed by atoms with Crippen LogP contribution in [0.3, 0.4) is 0 Å². The molecule has 9 aliphatic heterocycles. The summed E-state index contributed by atoms with van der Waals surface area (Å²) in [4.78, 5) is 34.5. The Labute approximate surface area is 748 Å². The van der Waals surface area contributed by atoms with E-state index >= 15 is 0 Å². The first-order valence-corrected chi connectivity index (χ1v) is 54.7. The normalized spacial score (nSPS) is 48.1. The van der Waals surface area contributed by atoms with Gasteiger partial charge >= 0.3 is 17.9 Å². The second kappa shape index (κ2) is 40.9. The average Bonchev–Trinajstić information content (AvgIpc) is 1.55. The van der Waals surface area contributed by atoms with E-state index < -0.39 is 17.7 Å². The smallest absolute Gasteiger partial charge is 0.338 e. The van der Waals surface area contributed by atoms with Crippen LogP contribution in [0.5, 0.6) is 0 Å². The maximum atomic E-state index is 11.6. The lowest BCUT2D eigenvalue weighted by Crippen LogP contribution is -2.61. The van der Waals surface area contributed by atoms with Crippen LogP contribution >= 0.6 is 0 Å². The van der Waals surface area contributed by atoms with Gasteiger partial charge in [-0.2, -0.15) is 0 Å². The van der Waals surface area contributed by atoms with Crippen molar-refractivity contribution in [2.24, 2.45) is 159 Å². The third-order valence-electron chi connectivity index (χ3n) is 38.6. The van der Waals surface area contributed by atoms with Crippen LogP contribution in [-0.2, 0) is 71.2 Å². The first-order valence-electron chi connectivity index (χ1n) is 54.7. The van der Waals surface area contributed by atoms with Crippen molar-refractivity contribution in [3.05, 3.63) is 0 Å². The van der Waals surface area contributed by atoms with E-state index in [0.29, 0.717) is 36.7 Å². The zero-order chi connectivity index (χ0) is 86.2. The molecule has 15 nitrogen and oxygen atoms in total. The molecule has 10 atom stereocenters. The Kier molecular flexibility index (Phi) is 31.3. The van der Waals surface area contributed by atoms with Crippen LogP contribution in [0, 0.1) is 159 Å². The Morgan fingerprint density at radius 2 is 0.650 bits per heavy atom. The minimum absolute atomic E-state index is 0.102. The molecule has 0 aromatic rings. The van der Waals surface area contributed by atoms with Gasteiger partial charge in [0.15, 0.2) is 47.8 Å². The van der Waals surface area contributed by atoms with Crippen molar-refractivity contribution in [3.8, 4) is 0 Å². The van der Waals surface area contributed by atoms with E-state index in [2.05, 4.69) is 0 Å². The Bertz CT molecular complexity index is 3180. The maximum absolute atomic E-state index is 11.6. The molecule has 35 fully saturated rings. The van der Waals surface area contributed by atoms with Crippen molar-refractivity contribution in [2.75, 3.05) is 33.0 Å². The number of carbonyl (C=O) groups excluding carboxylic acids is 3. The molecular weight excluding hydrogens is 1540 g/mol. The molecule has 0 aromatic heterocycles. The van der Waals surface area contributed by atoms with E-state index in [9.17, 15) is 14.4 Å². The van der Waals surface area contributed by atoms with Gasteiger partial charge in [-0.15, -0.1) is 0 Å². The van der Waals surface area contributed by atoms with Gasteiger partial charge in [0.25, 0.3) is 0 Å². The van der Waals surface area contributed by atoms with Crippen LogP contribution in [0.15, 0.2) is 0 Å². The van der Waals surface area contributed by atoms with Gasteiger partial charge in [-0.25, -0.2) is 4.79 Å². The van der Waals surface area contributed by atoms with E-state index in [1.54, 1.807) is 109 Å². The van der Waals surface area contributed by atoms with Crippen molar-refractivity contribution in [1.29, 1.82) is 0 Å². The molecule has 26 aliphatic carbocycles. The van der Waals surface area contributed by atoms with Crippen molar-refractivity contribution < 1.29 is 71.2 Å². The lowest BCUT2D eigenvalue weighted by Gasteiger charge is -2.62. The van der Waals surface area contributed by atoms with Gasteiger partial charge in [-0.3, -0.25) is 9.59 Å². The van der Waals surface area contributed by atoms with Gasteiger partial charge in [0.2, 0.25) is 0 Å². The maximum Gasteiger partial charge on any atom is 0.338 e. The lowest BCUT2D eigenvalue weighted by molar-refractivity contribution is -0.358. The monoisotopic (exact) mass is 1720 g/mol. The van der Waals surface area contributed by atoms with Gasteiger partial charge in [-0.1, -0.05) is 155 Å². The minimum atomic E-state index is -0.442. The molecule has 35 rings (SSSR count). The third kappa shape index (κ3) is 18.1. The quantitative estimate of drug-likeness (QED) is 0.166. The second-order valence-corrected chi connectivity index (χ2v) is 44.6. The summed E-state index contributed by atoms with van der Waals surface area (Å²) in [7, 11) is 0. The molecule has 26 saturated carbocycles. The molecule has 0 amide bonds. The molecule has 10 unspecified atom stereocenters. The lowest BCUT2D eigenvalue weighted by atomic mass is 9.43. The predicted molar refractivity (Wildman–Crippen MR) is 483 cm³/mol. The Balaban J connectivity index is 0.000000104. The fraction of sp³-hybridized carbons (Fsp3) is 0.972. The fourth-order valence-electron chi connectivity index (χ4n) is 35.5. The van der Waals surface area contributed by atoms with Crippen molar-refractivity contribution in [1.82, 2.24) is 0 Å². The van der Waals surface area contributed by atoms with Crippen molar-refractivity contribution in [3.63, 3.8) is 0 Å². The van der Waals surface area contributed by atoms with Gasteiger partial charge in [0.05, 0.1) is 38.8 Å². The van der Waals surface area contributed by atoms with Crippen LogP contribution in [0.4, 0.5) is 0 Å². The molecule has 6 spiro atoms. The molecular formula is C108H180O15. The Hall–Kier alpha value is -1.95. The second-order valence-electron chi connectivity index (χ2n) is 44.6. The number of carbonyl (C=O) groups is 3. The SMILES string of the molecule is C1CCCC2(CC1)C1CC3CC(C1)CC2C3.C1CCCC2(CC1)CC1CCC2C1.C1COC2(O1)C1CC3CC(C1)CC2C3.C1COC2(OC1)C1CC3CC(C1)CC2C3.CC.CC.CC.CC.CC.CC.CC.O=C1CC2OC3OC4(OC3C2O1)C1CC2CC(C1)CC4C2.O=C1OC2CC3CC(C2)CC1C3.O=C1OCC2OC3(OC12)C1CC2CC(C1)CC3C2. The fourth-order valence-corrected chi connectivity index (χ4v) is 35.5. The number of fused-ring (bicyclic) bond motifs is 8. The largest absolute Gasteiger partial charge is 0.462 e. The number of hydrogen-bond donors (Lipinski definition) is 0. The highest BCUT2D eigenvalue weighted by Crippen LogP contribution is 2.70. The zero-order valence-corrected chi connectivity index (χ0v) is 80.6. The summed E-state index contributed by atoms with van der Waals surface area (Å²) in [6.45, 7) is 31.9. The first kappa shape index (κ1) is 94.3. The number of rotatable bonds is 0. The zero-order valence-electron chi connectivity index (χ0n) is 80.6. The van der Waals surface area contributed by atoms with E-state index in [1.807, 2.05) is 96.9 Å². The number of cyclic esters (lactones) is 1. The van der Waals surface area contributed by atoms with Gasteiger partial charge in [0.1, 0.15) is 24.9 Å². The molecule has 15 heteroatoms. The average molecular weight is 1720 g/mol. The Morgan fingerprint density at radius 3 is 1.04 bits per heavy atom. The van der Waals surface area contributed by atoms with Crippen molar-refractivity contribution >= 4 is 17.9 Å². The van der Waals surface area contributed by atoms with Crippen LogP contribution in [0.2, 0.25) is 0 Å². The Morgan fingerprint density at radius 1 is 0.285 bits per heavy atom. The van der Waals surface area contributed by atoms with Crippen molar-refractivity contribution in [2.45, 2.75) is 471 Å². The molecule has 9 heterocycles. The summed E-state index contributed by atoms with van der Waals surface area (Å²) in [5.74, 6) is 20.0. The third-order valence-corrected chi connectivity index (χ3v) is 38.6. The highest BCUT2D eigenvalue weighted by Gasteiger charge is 2.71. The van der Waals surface area contributed by atoms with E-state index in [0.717, 1.165) is 176 Å². The molecule has 35 aliphatic rings. The minimum Gasteiger partial charge on any atom is -0.462 e. The summed E-state index contributed by atoms with van der Waals surface area (Å²) >= 11 is 0. The summed E-state index contributed by atoms with van der Waals surface area (Å²) in [5, 5.41) is 0. The van der Waals surface area contributed by atoms with Crippen LogP contribution in [0.25, 0.3) is 0 Å². The van der Waals surface area contributed by atoms with Crippen LogP contribution in [0.1, 0.15) is 405 Å². The number of esters is 3. The van der Waals surface area contributed by atoms with Gasteiger partial charge < -0.3 is 56.8 Å². The molecule has 9 saturated heterocycles. The van der Waals surface area contributed by atoms with Gasteiger partial charge in [0, 0.05) is 47.3 Å². The molecule has 0 aromatic carbocycles. The summed E-state index contributed by atoms with van der Waals surface area (Å²) < 4.78 is 71.3. The topological polar surface area (TPSA) is 162 Å². The first-order chi connectivity index (χ1) is 60.3. The van der Waals surface area contributed by atoms with E-state index in [4.69, 9.17) is 56.8 Å². The van der Waals surface area contributed by atoms with Gasteiger partial charge in [-0.05, 0) is 350 Å². The molecule has 0 radical (unpaired) electrons. The highest BCUT2D eigenvalue weighted by atomic mass is 16.9. The van der Waals surface area contributed by atoms with E-state index in [1.165, 1.54) is 172 Å². The summed E-state index contributed by atoms with van der Waals surface area (Å²) in [6, 6.07) is 0. The molecule has 123 heavy (non-hydrogen) atoms. The standard InChI is InChI=1S/C16H20O5.C16H26.C14H18O4.C13H20O2.C13H22.C12H18O2.C10H14O2.7C2H6/c17-12-6-11-13(19-12)14-15(18-11)21-16(20-14)9-2-7-1-8(4-9)5-10(16)3-7;1-2-4-6-16(5-3-1)14-8-12-7-13(10-14)11-15(16)9-12;15-13-12-11(6-16-13)17-14(18-12)9-2-7-1-8(4-9)5-10(14)3-7;1-2-14-13(15-3-1)11-5-9-4-10(7-11)8-12(13)6-9;1-2-4-8-13(7-3-1)10-11-5-6-12(13)9-11;1-2-14-12(13-1)10-4-8-3-9(6-10)7-11(12)5-8;11-10-8-2-6-1-7(3-8)5-9(4-6)12-10;7*1-2/h7-11,13-15H,1-6H2;12-15H,1-11H2;7-12H,1-6H2;9-12H,1-8H2;11-12H,1-10H2;8-11H,1-7H2;6-9H,1-5H2;7*1-2H3. The molecule has 0 N–H and O–H groups in total.